The highest BCUT2D eigenvalue weighted by Crippen LogP contribution is 2.09. The molecule has 3 nitrogen and oxygen atoms in total. The molecule has 0 saturated carbocycles. The summed E-state index contributed by atoms with van der Waals surface area (Å²) in [5, 5.41) is 4.30. The van der Waals surface area contributed by atoms with E-state index in [-0.39, 0.29) is 0 Å². The van der Waals surface area contributed by atoms with Gasteiger partial charge in [-0.05, 0) is 12.5 Å². The van der Waals surface area contributed by atoms with Crippen LogP contribution in [-0.2, 0) is 13.5 Å². The van der Waals surface area contributed by atoms with Gasteiger partial charge >= 0.3 is 0 Å². The minimum atomic E-state index is 0.576. The lowest BCUT2D eigenvalue weighted by Gasteiger charge is -1.96. The van der Waals surface area contributed by atoms with E-state index in [0.29, 0.717) is 5.70 Å². The van der Waals surface area contributed by atoms with E-state index >= 15 is 0 Å². The summed E-state index contributed by atoms with van der Waals surface area (Å²) in [7, 11) is 1.88. The molecule has 1 aromatic heterocycles. The SMILES string of the molecule is C=C(N)c1cc(CCC)nn1C. The molecule has 12 heavy (non-hydrogen) atoms. The van der Waals surface area contributed by atoms with Crippen LogP contribution in [-0.4, -0.2) is 9.78 Å². The van der Waals surface area contributed by atoms with E-state index in [9.17, 15) is 0 Å². The fourth-order valence-corrected chi connectivity index (χ4v) is 1.21. The standard InChI is InChI=1S/C9H15N3/c1-4-5-8-6-9(7(2)10)12(3)11-8/h6H,2,4-5,10H2,1,3H3. The van der Waals surface area contributed by atoms with Crippen LogP contribution < -0.4 is 5.73 Å². The maximum absolute atomic E-state index is 5.57. The lowest BCUT2D eigenvalue weighted by Crippen LogP contribution is -2.02. The molecule has 0 amide bonds. The fraction of sp³-hybridized carbons (Fsp3) is 0.444. The van der Waals surface area contributed by atoms with Crippen LogP contribution in [0, 0.1) is 0 Å². The highest BCUT2D eigenvalue weighted by molar-refractivity contribution is 5.57. The Kier molecular flexibility index (Phi) is 2.53. The highest BCUT2D eigenvalue weighted by Gasteiger charge is 2.04. The molecule has 0 aliphatic heterocycles. The summed E-state index contributed by atoms with van der Waals surface area (Å²) >= 11 is 0. The summed E-state index contributed by atoms with van der Waals surface area (Å²) in [5.41, 5.74) is 8.15. The van der Waals surface area contributed by atoms with Gasteiger partial charge in [0.05, 0.1) is 11.4 Å². The number of aryl methyl sites for hydroxylation is 2. The molecule has 1 heterocycles. The predicted molar refractivity (Wildman–Crippen MR) is 50.4 cm³/mol. The van der Waals surface area contributed by atoms with Gasteiger partial charge < -0.3 is 5.73 Å². The van der Waals surface area contributed by atoms with Crippen LogP contribution >= 0.6 is 0 Å². The summed E-state index contributed by atoms with van der Waals surface area (Å²) < 4.78 is 1.77. The Bertz CT molecular complexity index is 286. The molecule has 0 aromatic carbocycles. The van der Waals surface area contributed by atoms with Crippen molar-refractivity contribution in [2.45, 2.75) is 19.8 Å². The average Bonchev–Trinajstić information content (AvgIpc) is 2.32. The van der Waals surface area contributed by atoms with Gasteiger partial charge in [-0.1, -0.05) is 19.9 Å². The van der Waals surface area contributed by atoms with Crippen LogP contribution in [0.2, 0.25) is 0 Å². The van der Waals surface area contributed by atoms with Crippen molar-refractivity contribution in [2.24, 2.45) is 12.8 Å². The number of nitrogens with zero attached hydrogens (tertiary/aromatic N) is 2. The van der Waals surface area contributed by atoms with Crippen molar-refractivity contribution in [3.05, 3.63) is 24.0 Å². The zero-order valence-corrected chi connectivity index (χ0v) is 7.67. The summed E-state index contributed by atoms with van der Waals surface area (Å²) in [5.74, 6) is 0. The van der Waals surface area contributed by atoms with E-state index in [0.717, 1.165) is 24.2 Å². The first-order chi connectivity index (χ1) is 5.65. The lowest BCUT2D eigenvalue weighted by atomic mass is 10.2. The Morgan fingerprint density at radius 2 is 2.42 bits per heavy atom. The minimum Gasteiger partial charge on any atom is -0.397 e. The van der Waals surface area contributed by atoms with Crippen LogP contribution in [0.4, 0.5) is 0 Å². The van der Waals surface area contributed by atoms with Gasteiger partial charge in [0.15, 0.2) is 0 Å². The summed E-state index contributed by atoms with van der Waals surface area (Å²) in [6.45, 7) is 5.81. The van der Waals surface area contributed by atoms with Crippen LogP contribution in [0.25, 0.3) is 5.70 Å². The quantitative estimate of drug-likeness (QED) is 0.733. The maximum atomic E-state index is 5.57. The van der Waals surface area contributed by atoms with Crippen molar-refractivity contribution in [1.82, 2.24) is 9.78 Å². The maximum Gasteiger partial charge on any atom is 0.0832 e. The Labute approximate surface area is 72.9 Å². The van der Waals surface area contributed by atoms with Crippen LogP contribution in [0.1, 0.15) is 24.7 Å². The van der Waals surface area contributed by atoms with Crippen LogP contribution in [0.3, 0.4) is 0 Å². The third-order valence-electron chi connectivity index (χ3n) is 1.77. The third kappa shape index (κ3) is 1.67. The monoisotopic (exact) mass is 165 g/mol. The lowest BCUT2D eigenvalue weighted by molar-refractivity contribution is 0.725. The zero-order valence-electron chi connectivity index (χ0n) is 7.67. The number of aromatic nitrogens is 2. The normalized spacial score (nSPS) is 10.2. The van der Waals surface area contributed by atoms with Crippen molar-refractivity contribution < 1.29 is 0 Å². The smallest absolute Gasteiger partial charge is 0.0832 e. The number of rotatable bonds is 3. The molecular weight excluding hydrogens is 150 g/mol. The molecule has 0 aliphatic rings. The van der Waals surface area contributed by atoms with Gasteiger partial charge in [-0.3, -0.25) is 4.68 Å². The minimum absolute atomic E-state index is 0.576. The summed E-state index contributed by atoms with van der Waals surface area (Å²) in [4.78, 5) is 0. The molecule has 0 saturated heterocycles. The van der Waals surface area contributed by atoms with Gasteiger partial charge in [-0.15, -0.1) is 0 Å². The Morgan fingerprint density at radius 3 is 2.83 bits per heavy atom. The predicted octanol–water partition coefficient (Wildman–Crippen LogP) is 1.30. The largest absolute Gasteiger partial charge is 0.397 e. The van der Waals surface area contributed by atoms with Gasteiger partial charge in [0.2, 0.25) is 0 Å². The molecule has 3 heteroatoms. The van der Waals surface area contributed by atoms with Crippen molar-refractivity contribution >= 4 is 5.70 Å². The Hall–Kier alpha value is -1.25. The van der Waals surface area contributed by atoms with Gasteiger partial charge in [-0.2, -0.15) is 5.10 Å². The van der Waals surface area contributed by atoms with Gasteiger partial charge in [0, 0.05) is 12.7 Å². The molecule has 0 aliphatic carbocycles. The Balaban J connectivity index is 2.92. The van der Waals surface area contributed by atoms with E-state index in [4.69, 9.17) is 5.73 Å². The van der Waals surface area contributed by atoms with E-state index in [1.54, 1.807) is 4.68 Å². The molecule has 1 aromatic rings. The summed E-state index contributed by atoms with van der Waals surface area (Å²) in [6, 6.07) is 1.99. The van der Waals surface area contributed by atoms with E-state index in [1.807, 2.05) is 13.1 Å². The second-order valence-corrected chi connectivity index (χ2v) is 2.92. The topological polar surface area (TPSA) is 43.8 Å². The van der Waals surface area contributed by atoms with E-state index < -0.39 is 0 Å². The first-order valence-electron chi connectivity index (χ1n) is 4.12. The van der Waals surface area contributed by atoms with Crippen LogP contribution in [0.5, 0.6) is 0 Å². The molecular formula is C9H15N3. The number of nitrogens with two attached hydrogens (primary N) is 1. The van der Waals surface area contributed by atoms with Crippen LogP contribution in [0.15, 0.2) is 12.6 Å². The molecule has 2 N–H and O–H groups in total. The average molecular weight is 165 g/mol. The first kappa shape index (κ1) is 8.84. The molecule has 0 fully saturated rings. The van der Waals surface area contributed by atoms with Crippen molar-refractivity contribution in [1.29, 1.82) is 0 Å². The molecule has 0 bridgehead atoms. The van der Waals surface area contributed by atoms with Gasteiger partial charge in [0.1, 0.15) is 0 Å². The Morgan fingerprint density at radius 1 is 1.75 bits per heavy atom. The molecule has 0 radical (unpaired) electrons. The van der Waals surface area contributed by atoms with Gasteiger partial charge in [-0.25, -0.2) is 0 Å². The second kappa shape index (κ2) is 3.43. The van der Waals surface area contributed by atoms with E-state index in [2.05, 4.69) is 18.6 Å². The second-order valence-electron chi connectivity index (χ2n) is 2.92. The molecule has 1 rings (SSSR count). The van der Waals surface area contributed by atoms with Crippen molar-refractivity contribution in [2.75, 3.05) is 0 Å². The highest BCUT2D eigenvalue weighted by atomic mass is 15.3. The van der Waals surface area contributed by atoms with E-state index in [1.165, 1.54) is 0 Å². The zero-order chi connectivity index (χ0) is 9.14. The molecule has 66 valence electrons. The number of hydrogen-bond acceptors (Lipinski definition) is 2. The third-order valence-corrected chi connectivity index (χ3v) is 1.77. The number of hydrogen-bond donors (Lipinski definition) is 1. The first-order valence-corrected chi connectivity index (χ1v) is 4.12. The summed E-state index contributed by atoms with van der Waals surface area (Å²) in [6.07, 6.45) is 2.11. The van der Waals surface area contributed by atoms with Crippen molar-refractivity contribution in [3.8, 4) is 0 Å². The molecule has 0 spiro atoms. The van der Waals surface area contributed by atoms with Crippen molar-refractivity contribution in [3.63, 3.8) is 0 Å². The fourth-order valence-electron chi connectivity index (χ4n) is 1.21. The molecule has 0 atom stereocenters. The van der Waals surface area contributed by atoms with Gasteiger partial charge in [0.25, 0.3) is 0 Å². The molecule has 0 unspecified atom stereocenters.